The molecule has 74 valence electrons. The Balaban J connectivity index is 2.27. The zero-order valence-electron chi connectivity index (χ0n) is 8.16. The van der Waals surface area contributed by atoms with Crippen molar-refractivity contribution in [2.24, 2.45) is 0 Å². The van der Waals surface area contributed by atoms with Crippen LogP contribution in [0.15, 0.2) is 6.33 Å². The summed E-state index contributed by atoms with van der Waals surface area (Å²) in [5.41, 5.74) is 0. The van der Waals surface area contributed by atoms with Crippen molar-refractivity contribution in [3.63, 3.8) is 0 Å². The molecule has 5 heteroatoms. The number of aromatic nitrogens is 3. The third-order valence-corrected chi connectivity index (χ3v) is 1.72. The molecule has 0 unspecified atom stereocenters. The Morgan fingerprint density at radius 2 is 2.46 bits per heavy atom. The average molecular weight is 184 g/mol. The second kappa shape index (κ2) is 5.66. The molecular weight excluding hydrogens is 168 g/mol. The minimum atomic E-state index is 0.537. The van der Waals surface area contributed by atoms with Gasteiger partial charge in [0.2, 0.25) is 0 Å². The quantitative estimate of drug-likeness (QED) is 0.634. The number of hydrogen-bond donors (Lipinski definition) is 1. The molecule has 0 aliphatic rings. The molecule has 13 heavy (non-hydrogen) atoms. The Morgan fingerprint density at radius 1 is 1.62 bits per heavy atom. The monoisotopic (exact) mass is 184 g/mol. The standard InChI is InChI=1S/C8H16N4O/c1-3-12-8(10-7-11-12)6-13-5-4-9-2/h7,9H,3-6H2,1-2H3. The first-order valence-corrected chi connectivity index (χ1v) is 4.47. The molecule has 0 saturated carbocycles. The molecule has 0 atom stereocenters. The number of nitrogens with zero attached hydrogens (tertiary/aromatic N) is 3. The first kappa shape index (κ1) is 10.1. The molecule has 0 amide bonds. The molecule has 1 rings (SSSR count). The molecule has 0 aliphatic carbocycles. The summed E-state index contributed by atoms with van der Waals surface area (Å²) >= 11 is 0. The molecule has 0 fully saturated rings. The van der Waals surface area contributed by atoms with Crippen LogP contribution in [0.3, 0.4) is 0 Å². The second-order valence-corrected chi connectivity index (χ2v) is 2.65. The molecule has 5 nitrogen and oxygen atoms in total. The van der Waals surface area contributed by atoms with Gasteiger partial charge in [-0.25, -0.2) is 9.67 Å². The minimum absolute atomic E-state index is 0.537. The summed E-state index contributed by atoms with van der Waals surface area (Å²) in [6.45, 7) is 4.97. The molecule has 1 N–H and O–H groups in total. The van der Waals surface area contributed by atoms with Crippen molar-refractivity contribution < 1.29 is 4.74 Å². The number of aryl methyl sites for hydroxylation is 1. The lowest BCUT2D eigenvalue weighted by atomic mass is 10.6. The number of hydrogen-bond acceptors (Lipinski definition) is 4. The molecule has 0 aliphatic heterocycles. The van der Waals surface area contributed by atoms with Crippen LogP contribution >= 0.6 is 0 Å². The van der Waals surface area contributed by atoms with Crippen molar-refractivity contribution in [3.8, 4) is 0 Å². The molecule has 0 aromatic carbocycles. The summed E-state index contributed by atoms with van der Waals surface area (Å²) in [5, 5.41) is 7.05. The van der Waals surface area contributed by atoms with Crippen LogP contribution in [0.25, 0.3) is 0 Å². The molecule has 1 aromatic heterocycles. The van der Waals surface area contributed by atoms with E-state index in [4.69, 9.17) is 4.74 Å². The third kappa shape index (κ3) is 3.12. The number of ether oxygens (including phenoxy) is 1. The molecule has 0 bridgehead atoms. The van der Waals surface area contributed by atoms with Crippen molar-refractivity contribution in [2.75, 3.05) is 20.2 Å². The Kier molecular flexibility index (Phi) is 4.42. The molecule has 0 spiro atoms. The van der Waals surface area contributed by atoms with Crippen LogP contribution in [-0.2, 0) is 17.9 Å². The highest BCUT2D eigenvalue weighted by Crippen LogP contribution is 1.95. The van der Waals surface area contributed by atoms with Crippen molar-refractivity contribution in [3.05, 3.63) is 12.2 Å². The largest absolute Gasteiger partial charge is 0.372 e. The maximum absolute atomic E-state index is 5.38. The highest BCUT2D eigenvalue weighted by atomic mass is 16.5. The maximum Gasteiger partial charge on any atom is 0.152 e. The summed E-state index contributed by atoms with van der Waals surface area (Å²) in [6.07, 6.45) is 1.56. The fourth-order valence-electron chi connectivity index (χ4n) is 1.00. The zero-order chi connectivity index (χ0) is 9.52. The van der Waals surface area contributed by atoms with Crippen LogP contribution in [0.1, 0.15) is 12.7 Å². The summed E-state index contributed by atoms with van der Waals surface area (Å²) in [6, 6.07) is 0. The summed E-state index contributed by atoms with van der Waals surface area (Å²) in [5.74, 6) is 0.888. The van der Waals surface area contributed by atoms with E-state index in [0.717, 1.165) is 18.9 Å². The van der Waals surface area contributed by atoms with Gasteiger partial charge in [-0.15, -0.1) is 0 Å². The topological polar surface area (TPSA) is 52.0 Å². The van der Waals surface area contributed by atoms with E-state index in [1.54, 1.807) is 6.33 Å². The minimum Gasteiger partial charge on any atom is -0.372 e. The highest BCUT2D eigenvalue weighted by Gasteiger charge is 2.00. The van der Waals surface area contributed by atoms with E-state index in [0.29, 0.717) is 13.2 Å². The van der Waals surface area contributed by atoms with Crippen molar-refractivity contribution in [1.82, 2.24) is 20.1 Å². The second-order valence-electron chi connectivity index (χ2n) is 2.65. The van der Waals surface area contributed by atoms with Crippen LogP contribution in [0, 0.1) is 0 Å². The van der Waals surface area contributed by atoms with Crippen molar-refractivity contribution >= 4 is 0 Å². The van der Waals surface area contributed by atoms with E-state index in [9.17, 15) is 0 Å². The van der Waals surface area contributed by atoms with Gasteiger partial charge in [-0.3, -0.25) is 0 Å². The highest BCUT2D eigenvalue weighted by molar-refractivity contribution is 4.80. The SMILES string of the molecule is CCn1ncnc1COCCNC. The van der Waals surface area contributed by atoms with Gasteiger partial charge < -0.3 is 10.1 Å². The molecular formula is C8H16N4O. The van der Waals surface area contributed by atoms with Gasteiger partial charge in [-0.2, -0.15) is 5.10 Å². The number of likely N-dealkylation sites (N-methyl/N-ethyl adjacent to an activating group) is 1. The Labute approximate surface area is 78.1 Å². The van der Waals surface area contributed by atoms with Crippen LogP contribution in [0.4, 0.5) is 0 Å². The Hall–Kier alpha value is -0.940. The van der Waals surface area contributed by atoms with Crippen LogP contribution in [0.5, 0.6) is 0 Å². The van der Waals surface area contributed by atoms with E-state index in [2.05, 4.69) is 15.4 Å². The predicted octanol–water partition coefficient (Wildman–Crippen LogP) is 0.0340. The van der Waals surface area contributed by atoms with E-state index in [1.807, 2.05) is 18.7 Å². The lowest BCUT2D eigenvalue weighted by Gasteiger charge is -2.03. The van der Waals surface area contributed by atoms with Crippen molar-refractivity contribution in [1.29, 1.82) is 0 Å². The van der Waals surface area contributed by atoms with Gasteiger partial charge >= 0.3 is 0 Å². The first-order valence-electron chi connectivity index (χ1n) is 4.47. The molecule has 1 heterocycles. The maximum atomic E-state index is 5.38. The first-order chi connectivity index (χ1) is 6.38. The molecule has 0 radical (unpaired) electrons. The van der Waals surface area contributed by atoms with Gasteiger partial charge in [0.15, 0.2) is 5.82 Å². The van der Waals surface area contributed by atoms with Gasteiger partial charge in [0, 0.05) is 13.1 Å². The Bertz CT molecular complexity index is 236. The summed E-state index contributed by atoms with van der Waals surface area (Å²) < 4.78 is 7.21. The zero-order valence-corrected chi connectivity index (χ0v) is 8.16. The lowest BCUT2D eigenvalue weighted by Crippen LogP contribution is -2.15. The van der Waals surface area contributed by atoms with Crippen LogP contribution in [-0.4, -0.2) is 35.0 Å². The number of rotatable bonds is 6. The van der Waals surface area contributed by atoms with Gasteiger partial charge in [-0.1, -0.05) is 0 Å². The smallest absolute Gasteiger partial charge is 0.152 e. The predicted molar refractivity (Wildman–Crippen MR) is 49.3 cm³/mol. The van der Waals surface area contributed by atoms with E-state index < -0.39 is 0 Å². The fourth-order valence-corrected chi connectivity index (χ4v) is 1.00. The Morgan fingerprint density at radius 3 is 3.15 bits per heavy atom. The lowest BCUT2D eigenvalue weighted by molar-refractivity contribution is 0.115. The van der Waals surface area contributed by atoms with E-state index in [-0.39, 0.29) is 0 Å². The van der Waals surface area contributed by atoms with Gasteiger partial charge in [0.1, 0.15) is 12.9 Å². The van der Waals surface area contributed by atoms with Crippen LogP contribution in [0.2, 0.25) is 0 Å². The summed E-state index contributed by atoms with van der Waals surface area (Å²) in [7, 11) is 1.90. The summed E-state index contributed by atoms with van der Waals surface area (Å²) in [4.78, 5) is 4.09. The van der Waals surface area contributed by atoms with Gasteiger partial charge in [0.05, 0.1) is 6.61 Å². The van der Waals surface area contributed by atoms with E-state index >= 15 is 0 Å². The van der Waals surface area contributed by atoms with E-state index in [1.165, 1.54) is 0 Å². The van der Waals surface area contributed by atoms with Crippen molar-refractivity contribution in [2.45, 2.75) is 20.1 Å². The third-order valence-electron chi connectivity index (χ3n) is 1.72. The fraction of sp³-hybridized carbons (Fsp3) is 0.750. The van der Waals surface area contributed by atoms with Gasteiger partial charge in [-0.05, 0) is 14.0 Å². The number of nitrogens with one attached hydrogen (secondary N) is 1. The molecule has 1 aromatic rings. The average Bonchev–Trinajstić information content (AvgIpc) is 2.60. The molecule has 0 saturated heterocycles. The normalized spacial score (nSPS) is 10.6. The van der Waals surface area contributed by atoms with Crippen LogP contribution < -0.4 is 5.32 Å². The van der Waals surface area contributed by atoms with Gasteiger partial charge in [0.25, 0.3) is 0 Å².